The molecule has 0 unspecified atom stereocenters. The Kier molecular flexibility index (Phi) is 4.34. The van der Waals surface area contributed by atoms with Crippen LogP contribution in [0.25, 0.3) is 0 Å². The van der Waals surface area contributed by atoms with E-state index < -0.39 is 7.12 Å². The maximum atomic E-state index is 9.83. The monoisotopic (exact) mass is 252 g/mol. The van der Waals surface area contributed by atoms with Crippen LogP contribution < -0.4 is 0 Å². The number of aliphatic hydroxyl groups is 1. The number of allylic oxidation sites excluding steroid dienone is 4. The van der Waals surface area contributed by atoms with E-state index in [-0.39, 0.29) is 17.0 Å². The highest BCUT2D eigenvalue weighted by Gasteiger charge is 2.52. The number of aliphatic hydroxyl groups excluding tert-OH is 1. The van der Waals surface area contributed by atoms with Crippen molar-refractivity contribution in [2.24, 2.45) is 0 Å². The smallest absolute Gasteiger partial charge is 0.498 e. The number of rotatable bonds is 3. The van der Waals surface area contributed by atoms with Crippen LogP contribution in [-0.4, -0.2) is 23.4 Å². The first kappa shape index (κ1) is 15.3. The van der Waals surface area contributed by atoms with E-state index in [4.69, 9.17) is 9.31 Å². The van der Waals surface area contributed by atoms with Crippen molar-refractivity contribution in [1.82, 2.24) is 0 Å². The van der Waals surface area contributed by atoms with Crippen LogP contribution in [0.5, 0.6) is 0 Å². The maximum Gasteiger partial charge on any atom is 0.498 e. The van der Waals surface area contributed by atoms with Crippen molar-refractivity contribution in [2.45, 2.75) is 66.1 Å². The van der Waals surface area contributed by atoms with Crippen LogP contribution in [0, 0.1) is 0 Å². The van der Waals surface area contributed by atoms with E-state index in [1.807, 2.05) is 40.7 Å². The van der Waals surface area contributed by atoms with Crippen LogP contribution in [0.15, 0.2) is 22.9 Å². The molecule has 0 aromatic carbocycles. The quantitative estimate of drug-likeness (QED) is 0.471. The van der Waals surface area contributed by atoms with Crippen molar-refractivity contribution in [2.75, 3.05) is 0 Å². The predicted octanol–water partition coefficient (Wildman–Crippen LogP) is 3.81. The number of hydrogen-bond donors (Lipinski definition) is 1. The van der Waals surface area contributed by atoms with Gasteiger partial charge in [0.2, 0.25) is 0 Å². The molecule has 1 saturated heterocycles. The van der Waals surface area contributed by atoms with Gasteiger partial charge in [-0.3, -0.25) is 0 Å². The molecule has 102 valence electrons. The second-order valence-electron chi connectivity index (χ2n) is 5.97. The molecular weight excluding hydrogens is 227 g/mol. The lowest BCUT2D eigenvalue weighted by atomic mass is 9.76. The Morgan fingerprint density at radius 1 is 1.11 bits per heavy atom. The van der Waals surface area contributed by atoms with E-state index in [0.29, 0.717) is 5.47 Å². The molecule has 1 N–H and O–H groups in total. The Morgan fingerprint density at radius 2 is 1.56 bits per heavy atom. The molecule has 0 bridgehead atoms. The zero-order chi connectivity index (χ0) is 14.1. The summed E-state index contributed by atoms with van der Waals surface area (Å²) in [5, 5.41) is 9.83. The van der Waals surface area contributed by atoms with Gasteiger partial charge in [0.05, 0.1) is 17.0 Å². The van der Waals surface area contributed by atoms with Crippen LogP contribution >= 0.6 is 0 Å². The zero-order valence-corrected chi connectivity index (χ0v) is 12.6. The molecule has 0 aromatic heterocycles. The largest absolute Gasteiger partial charge is 0.513 e. The van der Waals surface area contributed by atoms with Gasteiger partial charge in [-0.25, -0.2) is 0 Å². The third-order valence-electron chi connectivity index (χ3n) is 3.88. The molecule has 0 radical (unpaired) electrons. The summed E-state index contributed by atoms with van der Waals surface area (Å²) in [5.41, 5.74) is 1.14. The zero-order valence-electron chi connectivity index (χ0n) is 12.6. The molecule has 3 nitrogen and oxygen atoms in total. The van der Waals surface area contributed by atoms with Gasteiger partial charge in [-0.2, -0.15) is 0 Å². The topological polar surface area (TPSA) is 38.7 Å². The molecule has 1 fully saturated rings. The fourth-order valence-corrected chi connectivity index (χ4v) is 1.68. The van der Waals surface area contributed by atoms with Crippen molar-refractivity contribution in [3.05, 3.63) is 22.9 Å². The molecule has 0 aliphatic carbocycles. The van der Waals surface area contributed by atoms with Crippen LogP contribution in [0.4, 0.5) is 0 Å². The molecule has 1 aliphatic rings. The minimum absolute atomic E-state index is 0.251. The second-order valence-corrected chi connectivity index (χ2v) is 5.97. The molecular formula is C14H25BO3. The summed E-state index contributed by atoms with van der Waals surface area (Å²) >= 11 is 0. The van der Waals surface area contributed by atoms with Crippen molar-refractivity contribution in [3.63, 3.8) is 0 Å². The molecule has 1 rings (SSSR count). The minimum atomic E-state index is -0.499. The van der Waals surface area contributed by atoms with E-state index in [9.17, 15) is 5.11 Å². The third kappa shape index (κ3) is 2.98. The van der Waals surface area contributed by atoms with Crippen LogP contribution in [0.2, 0.25) is 0 Å². The summed E-state index contributed by atoms with van der Waals surface area (Å²) in [4.78, 5) is 0. The second kappa shape index (κ2) is 5.10. The first-order chi connectivity index (χ1) is 8.10. The Bertz CT molecular complexity index is 361. The fraction of sp³-hybridized carbons (Fsp3) is 0.714. The first-order valence-electron chi connectivity index (χ1n) is 6.53. The highest BCUT2D eigenvalue weighted by molar-refractivity contribution is 6.55. The normalized spacial score (nSPS) is 24.2. The van der Waals surface area contributed by atoms with Crippen molar-refractivity contribution in [1.29, 1.82) is 0 Å². The molecule has 0 amide bonds. The highest BCUT2D eigenvalue weighted by Crippen LogP contribution is 2.39. The third-order valence-corrected chi connectivity index (χ3v) is 3.88. The Labute approximate surface area is 111 Å². The first-order valence-corrected chi connectivity index (χ1v) is 6.53. The van der Waals surface area contributed by atoms with Gasteiger partial charge in [-0.1, -0.05) is 18.6 Å². The Morgan fingerprint density at radius 3 is 1.89 bits per heavy atom. The van der Waals surface area contributed by atoms with Crippen molar-refractivity contribution >= 4 is 7.12 Å². The lowest BCUT2D eigenvalue weighted by molar-refractivity contribution is 0.00578. The van der Waals surface area contributed by atoms with Gasteiger partial charge in [0.25, 0.3) is 0 Å². The fourth-order valence-electron chi connectivity index (χ4n) is 1.68. The van der Waals surface area contributed by atoms with E-state index in [1.165, 1.54) is 5.57 Å². The van der Waals surface area contributed by atoms with E-state index in [0.717, 1.165) is 6.42 Å². The van der Waals surface area contributed by atoms with Gasteiger partial charge >= 0.3 is 7.12 Å². The summed E-state index contributed by atoms with van der Waals surface area (Å²) in [6, 6.07) is 0. The van der Waals surface area contributed by atoms with E-state index in [2.05, 4.69) is 6.92 Å². The molecule has 0 saturated carbocycles. The minimum Gasteiger partial charge on any atom is -0.513 e. The highest BCUT2D eigenvalue weighted by atomic mass is 16.7. The van der Waals surface area contributed by atoms with E-state index in [1.54, 1.807) is 6.92 Å². The maximum absolute atomic E-state index is 9.83. The van der Waals surface area contributed by atoms with Gasteiger partial charge in [0, 0.05) is 5.47 Å². The molecule has 18 heavy (non-hydrogen) atoms. The van der Waals surface area contributed by atoms with Gasteiger partial charge in [0.1, 0.15) is 0 Å². The van der Waals surface area contributed by atoms with Crippen molar-refractivity contribution < 1.29 is 14.4 Å². The molecule has 0 aromatic rings. The SMILES string of the molecule is CC/C(C)=C\C(B1OC(C)(C)C(C)(C)O1)=C(/C)O. The number of hydrogen-bond acceptors (Lipinski definition) is 3. The van der Waals surface area contributed by atoms with Crippen LogP contribution in [0.3, 0.4) is 0 Å². The van der Waals surface area contributed by atoms with Gasteiger partial charge < -0.3 is 14.4 Å². The van der Waals surface area contributed by atoms with Crippen LogP contribution in [-0.2, 0) is 9.31 Å². The summed E-state index contributed by atoms with van der Waals surface area (Å²) in [6.45, 7) is 13.8. The molecule has 4 heteroatoms. The van der Waals surface area contributed by atoms with Crippen molar-refractivity contribution in [3.8, 4) is 0 Å². The summed E-state index contributed by atoms with van der Waals surface area (Å²) < 4.78 is 11.9. The molecule has 1 aliphatic heterocycles. The standard InChI is InChI=1S/C14H25BO3/c1-8-10(2)9-12(11(3)16)15-17-13(4,5)14(6,7)18-15/h9,16H,8H2,1-7H3/b10-9-,12-11-. The lowest BCUT2D eigenvalue weighted by Gasteiger charge is -2.32. The van der Waals surface area contributed by atoms with Gasteiger partial charge in [0.15, 0.2) is 0 Å². The average Bonchev–Trinajstić information content (AvgIpc) is 2.43. The predicted molar refractivity (Wildman–Crippen MR) is 75.5 cm³/mol. The van der Waals surface area contributed by atoms with Gasteiger partial charge in [-0.05, 0) is 48.0 Å². The van der Waals surface area contributed by atoms with E-state index >= 15 is 0 Å². The lowest BCUT2D eigenvalue weighted by Crippen LogP contribution is -2.41. The summed E-state index contributed by atoms with van der Waals surface area (Å²) in [5.74, 6) is 0.251. The average molecular weight is 252 g/mol. The Balaban J connectivity index is 3.04. The summed E-state index contributed by atoms with van der Waals surface area (Å²) in [7, 11) is -0.499. The molecule has 1 heterocycles. The van der Waals surface area contributed by atoms with Gasteiger partial charge in [-0.15, -0.1) is 0 Å². The summed E-state index contributed by atoms with van der Waals surface area (Å²) in [6.07, 6.45) is 2.90. The Hall–Kier alpha value is -0.735. The molecule has 0 atom stereocenters. The van der Waals surface area contributed by atoms with Crippen LogP contribution in [0.1, 0.15) is 54.9 Å². The molecule has 0 spiro atoms.